The van der Waals surface area contributed by atoms with Gasteiger partial charge in [0.15, 0.2) is 5.78 Å². The van der Waals surface area contributed by atoms with Crippen LogP contribution in [-0.4, -0.2) is 38.6 Å². The highest BCUT2D eigenvalue weighted by Crippen LogP contribution is 2.49. The van der Waals surface area contributed by atoms with E-state index in [1.54, 1.807) is 6.66 Å². The molecular weight excluding hydrogens is 520 g/mol. The minimum atomic E-state index is -2.19. The van der Waals surface area contributed by atoms with E-state index in [-0.39, 0.29) is 13.2 Å². The number of carbonyl (C=O) groups is 1. The van der Waals surface area contributed by atoms with E-state index >= 15 is 0 Å². The van der Waals surface area contributed by atoms with Crippen LogP contribution in [0.5, 0.6) is 0 Å². The summed E-state index contributed by atoms with van der Waals surface area (Å²) in [5, 5.41) is 0. The number of hydrogen-bond acceptors (Lipinski definition) is 3. The fourth-order valence-corrected chi connectivity index (χ4v) is 2.02. The predicted octanol–water partition coefficient (Wildman–Crippen LogP) is 6.35. The number of carbonyl (C=O) groups excluding carboxylic acids is 1. The number of allylic oxidation sites excluding steroid dienone is 3. The van der Waals surface area contributed by atoms with Crippen molar-refractivity contribution in [2.45, 2.75) is 21.3 Å². The molecule has 20 heavy (non-hydrogen) atoms. The Morgan fingerprint density at radius 3 is 1.80 bits per heavy atom. The first-order valence-electron chi connectivity index (χ1n) is 5.42. The van der Waals surface area contributed by atoms with E-state index < -0.39 is 7.37 Å². The molecule has 0 fully saturated rings. The van der Waals surface area contributed by atoms with E-state index in [2.05, 4.69) is 63.8 Å². The van der Waals surface area contributed by atoms with Crippen molar-refractivity contribution in [2.75, 3.05) is 32.8 Å². The number of ketones is 1. The lowest BCUT2D eigenvalue weighted by Crippen LogP contribution is -1.76. The zero-order valence-electron chi connectivity index (χ0n) is 12.4. The Kier molecular flexibility index (Phi) is 26.4. The second kappa shape index (κ2) is 18.1. The van der Waals surface area contributed by atoms with Gasteiger partial charge >= 0.3 is 0 Å². The first-order chi connectivity index (χ1) is 8.60. The molecule has 7 heteroatoms. The molecule has 0 aliphatic carbocycles. The standard InChI is InChI=1S/C5H9O2P.C4H6O.C3H9P.CH4.I2/c1-5-3-4-8(2,6)7-5;1-3-4(2)5;1-4(2)3;;1-2/h3H,4H2,1-2H3;3H,1H2,2H3;1-3H3;1H4;. The van der Waals surface area contributed by atoms with E-state index in [9.17, 15) is 9.36 Å². The molecule has 1 aliphatic rings. The van der Waals surface area contributed by atoms with Gasteiger partial charge in [-0.3, -0.25) is 9.36 Å². The normalized spacial score (nSPS) is 18.4. The zero-order valence-corrected chi connectivity index (χ0v) is 18.5. The Hall–Kier alpha value is 1.07. The van der Waals surface area contributed by atoms with Crippen LogP contribution in [0, 0.1) is 0 Å². The molecule has 0 radical (unpaired) electrons. The van der Waals surface area contributed by atoms with Crippen LogP contribution in [0.15, 0.2) is 24.5 Å². The molecule has 0 bridgehead atoms. The van der Waals surface area contributed by atoms with Crippen molar-refractivity contribution < 1.29 is 13.9 Å². The summed E-state index contributed by atoms with van der Waals surface area (Å²) in [6, 6.07) is 0. The minimum Gasteiger partial charge on any atom is -0.448 e. The van der Waals surface area contributed by atoms with Crippen molar-refractivity contribution >= 4 is 58.3 Å². The fraction of sp³-hybridized carbons (Fsp3) is 0.615. The van der Waals surface area contributed by atoms with Gasteiger partial charge in [0, 0.05) is 43.9 Å². The molecule has 122 valence electrons. The molecule has 0 saturated heterocycles. The molecule has 0 aromatic rings. The third-order valence-electron chi connectivity index (χ3n) is 1.33. The smallest absolute Gasteiger partial charge is 0.248 e. The molecule has 1 heterocycles. The number of halogens is 2. The van der Waals surface area contributed by atoms with Crippen LogP contribution in [0.4, 0.5) is 0 Å². The Morgan fingerprint density at radius 2 is 1.75 bits per heavy atom. The van der Waals surface area contributed by atoms with Crippen LogP contribution < -0.4 is 0 Å². The van der Waals surface area contributed by atoms with Gasteiger partial charge in [0.25, 0.3) is 0 Å². The van der Waals surface area contributed by atoms with Crippen molar-refractivity contribution in [1.29, 1.82) is 0 Å². The highest BCUT2D eigenvalue weighted by molar-refractivity contribution is 15.0. The Balaban J connectivity index is -0.0000000941. The molecule has 0 amide bonds. The quantitative estimate of drug-likeness (QED) is 0.218. The highest BCUT2D eigenvalue weighted by Gasteiger charge is 2.20. The maximum Gasteiger partial charge on any atom is 0.248 e. The van der Waals surface area contributed by atoms with E-state index in [1.165, 1.54) is 13.0 Å². The topological polar surface area (TPSA) is 43.4 Å². The first-order valence-corrected chi connectivity index (χ1v) is 16.6. The van der Waals surface area contributed by atoms with Crippen molar-refractivity contribution in [1.82, 2.24) is 0 Å². The molecule has 0 aromatic heterocycles. The molecule has 0 spiro atoms. The van der Waals surface area contributed by atoms with Gasteiger partial charge in [-0.1, -0.05) is 14.0 Å². The lowest BCUT2D eigenvalue weighted by Gasteiger charge is -2.03. The second-order valence-electron chi connectivity index (χ2n) is 4.26. The van der Waals surface area contributed by atoms with E-state index in [0.29, 0.717) is 14.1 Å². The van der Waals surface area contributed by atoms with E-state index in [4.69, 9.17) is 4.52 Å². The summed E-state index contributed by atoms with van der Waals surface area (Å²) in [5.41, 5.74) is 0. The molecule has 1 unspecified atom stereocenters. The van der Waals surface area contributed by atoms with Gasteiger partial charge in [0.1, 0.15) is 0 Å². The monoisotopic (exact) mass is 548 g/mol. The summed E-state index contributed by atoms with van der Waals surface area (Å²) in [5.74, 6) is 0.820. The van der Waals surface area contributed by atoms with Crippen LogP contribution in [0.1, 0.15) is 21.3 Å². The van der Waals surface area contributed by atoms with Crippen LogP contribution >= 0.6 is 52.5 Å². The maximum absolute atomic E-state index is 11.0. The molecule has 1 atom stereocenters. The average molecular weight is 548 g/mol. The van der Waals surface area contributed by atoms with Crippen molar-refractivity contribution in [2.24, 2.45) is 0 Å². The Morgan fingerprint density at radius 1 is 1.45 bits per heavy atom. The van der Waals surface area contributed by atoms with Crippen LogP contribution in [-0.2, 0) is 13.9 Å². The van der Waals surface area contributed by atoms with Crippen molar-refractivity contribution in [3.63, 3.8) is 0 Å². The molecule has 0 aromatic carbocycles. The van der Waals surface area contributed by atoms with Gasteiger partial charge in [0.2, 0.25) is 7.37 Å². The lowest BCUT2D eigenvalue weighted by molar-refractivity contribution is -0.112. The van der Waals surface area contributed by atoms with Crippen LogP contribution in [0.3, 0.4) is 0 Å². The van der Waals surface area contributed by atoms with Gasteiger partial charge in [-0.05, 0) is 46.0 Å². The molecule has 1 aliphatic heterocycles. The summed E-state index contributed by atoms with van der Waals surface area (Å²) >= 11 is 4.24. The van der Waals surface area contributed by atoms with Crippen molar-refractivity contribution in [3.05, 3.63) is 24.5 Å². The largest absolute Gasteiger partial charge is 0.448 e. The Labute approximate surface area is 149 Å². The highest BCUT2D eigenvalue weighted by atomic mass is 128. The second-order valence-corrected chi connectivity index (χ2v) is 9.52. The number of hydrogen-bond donors (Lipinski definition) is 0. The van der Waals surface area contributed by atoms with Gasteiger partial charge < -0.3 is 4.52 Å². The SMILES string of the molecule is C.C=CC(C)=O.CC1=CCP(C)(=O)O1.CP(C)C.II. The third-order valence-corrected chi connectivity index (χ3v) is 2.86. The van der Waals surface area contributed by atoms with Gasteiger partial charge in [-0.25, -0.2) is 0 Å². The first kappa shape index (κ1) is 29.1. The van der Waals surface area contributed by atoms with Gasteiger partial charge in [-0.15, -0.1) is 7.92 Å². The minimum absolute atomic E-state index is 0. The summed E-state index contributed by atoms with van der Waals surface area (Å²) in [6.45, 7) is 14.8. The fourth-order valence-electron chi connectivity index (χ4n) is 0.674. The lowest BCUT2D eigenvalue weighted by atomic mass is 10.5. The third kappa shape index (κ3) is 31.5. The molecule has 3 nitrogen and oxygen atoms in total. The molecule has 0 saturated carbocycles. The van der Waals surface area contributed by atoms with Crippen LogP contribution in [0.25, 0.3) is 0 Å². The average Bonchev–Trinajstić information content (AvgIpc) is 2.59. The van der Waals surface area contributed by atoms with E-state index in [1.807, 2.05) is 13.0 Å². The molecule has 0 N–H and O–H groups in total. The van der Waals surface area contributed by atoms with E-state index in [0.717, 1.165) is 5.76 Å². The van der Waals surface area contributed by atoms with Crippen molar-refractivity contribution in [3.8, 4) is 0 Å². The molecule has 1 rings (SSSR count). The summed E-state index contributed by atoms with van der Waals surface area (Å²) in [6.07, 6.45) is 3.75. The maximum atomic E-state index is 11.0. The molecular formula is C13H28I2O3P2. The van der Waals surface area contributed by atoms with Gasteiger partial charge in [0.05, 0.1) is 11.9 Å². The summed E-state index contributed by atoms with van der Waals surface area (Å²) in [7, 11) is -1.81. The van der Waals surface area contributed by atoms with Gasteiger partial charge in [-0.2, -0.15) is 0 Å². The zero-order chi connectivity index (χ0) is 16.1. The predicted molar refractivity (Wildman–Crippen MR) is 114 cm³/mol. The summed E-state index contributed by atoms with van der Waals surface area (Å²) < 4.78 is 15.9. The Bertz CT molecular complexity index is 327. The summed E-state index contributed by atoms with van der Waals surface area (Å²) in [4.78, 5) is 9.69. The van der Waals surface area contributed by atoms with Crippen LogP contribution in [0.2, 0.25) is 0 Å². The number of rotatable bonds is 1.